The molecule has 0 unspecified atom stereocenters. The second kappa shape index (κ2) is 8.80. The van der Waals surface area contributed by atoms with E-state index in [1.807, 2.05) is 57.8 Å². The van der Waals surface area contributed by atoms with Crippen molar-refractivity contribution in [3.05, 3.63) is 63.7 Å². The highest BCUT2D eigenvalue weighted by atomic mass is 79.9. The number of nitrogens with one attached hydrogen (secondary N) is 2. The summed E-state index contributed by atoms with van der Waals surface area (Å²) in [5.74, 6) is 1.36. The van der Waals surface area contributed by atoms with Crippen molar-refractivity contribution in [2.45, 2.75) is 19.5 Å². The van der Waals surface area contributed by atoms with E-state index in [0.717, 1.165) is 27.1 Å². The summed E-state index contributed by atoms with van der Waals surface area (Å²) >= 11 is 8.77. The Hall–Kier alpha value is -2.98. The Bertz CT molecular complexity index is 1240. The van der Waals surface area contributed by atoms with Gasteiger partial charge in [0.1, 0.15) is 11.4 Å². The summed E-state index contributed by atoms with van der Waals surface area (Å²) < 4.78 is 10.4. The number of carbonyl (C=O) groups excluding carboxylic acids is 1. The Morgan fingerprint density at radius 1 is 1.23 bits per heavy atom. The van der Waals surface area contributed by atoms with Gasteiger partial charge < -0.3 is 14.5 Å². The smallest absolute Gasteiger partial charge is 0.222 e. The van der Waals surface area contributed by atoms with Crippen molar-refractivity contribution in [2.24, 2.45) is 0 Å². The molecular weight excluding hydrogens is 468 g/mol. The maximum atomic E-state index is 12.4. The number of hydrogen-bond donors (Lipinski definition) is 2. The van der Waals surface area contributed by atoms with E-state index in [0.29, 0.717) is 23.7 Å². The lowest BCUT2D eigenvalue weighted by Crippen LogP contribution is -2.24. The van der Waals surface area contributed by atoms with Crippen LogP contribution in [0, 0.1) is 4.77 Å². The van der Waals surface area contributed by atoms with Crippen molar-refractivity contribution in [1.82, 2.24) is 29.5 Å². The number of fused-ring (bicyclic) bond motifs is 1. The van der Waals surface area contributed by atoms with E-state index in [9.17, 15) is 4.79 Å². The van der Waals surface area contributed by atoms with E-state index < -0.39 is 0 Å². The van der Waals surface area contributed by atoms with Crippen LogP contribution in [0.2, 0.25) is 0 Å². The van der Waals surface area contributed by atoms with Gasteiger partial charge in [0.2, 0.25) is 5.91 Å². The number of amides is 1. The molecular formula is C20H19BrN6O2S. The molecule has 1 aromatic carbocycles. The number of pyridine rings is 1. The number of methoxy groups -OCH3 is 1. The number of ether oxygens (including phenoxy) is 1. The Morgan fingerprint density at radius 2 is 2.03 bits per heavy atom. The van der Waals surface area contributed by atoms with Gasteiger partial charge in [0.15, 0.2) is 10.6 Å². The molecule has 1 amide bonds. The van der Waals surface area contributed by atoms with Crippen LogP contribution in [0.4, 0.5) is 0 Å². The third kappa shape index (κ3) is 4.44. The Kier molecular flexibility index (Phi) is 5.96. The third-order valence-corrected chi connectivity index (χ3v) is 5.38. The molecule has 4 aromatic rings. The number of nitrogens with zero attached hydrogens (tertiary/aromatic N) is 4. The van der Waals surface area contributed by atoms with Crippen LogP contribution in [0.25, 0.3) is 17.0 Å². The van der Waals surface area contributed by atoms with Crippen LogP contribution in [0.3, 0.4) is 0 Å². The molecule has 0 spiro atoms. The molecule has 0 aliphatic heterocycles. The normalized spacial score (nSPS) is 11.0. The molecule has 0 aliphatic carbocycles. The average molecular weight is 487 g/mol. The summed E-state index contributed by atoms with van der Waals surface area (Å²) in [6, 6.07) is 11.4. The van der Waals surface area contributed by atoms with Gasteiger partial charge in [-0.2, -0.15) is 5.10 Å². The van der Waals surface area contributed by atoms with E-state index in [2.05, 4.69) is 36.4 Å². The number of H-pyrrole nitrogens is 1. The first kappa shape index (κ1) is 20.3. The fourth-order valence-corrected chi connectivity index (χ4v) is 3.66. The zero-order valence-corrected chi connectivity index (χ0v) is 18.5. The van der Waals surface area contributed by atoms with Gasteiger partial charge >= 0.3 is 0 Å². The van der Waals surface area contributed by atoms with Crippen LogP contribution in [0.1, 0.15) is 12.1 Å². The molecule has 2 N–H and O–H groups in total. The fourth-order valence-electron chi connectivity index (χ4n) is 3.08. The molecule has 0 saturated carbocycles. The molecule has 0 bridgehead atoms. The van der Waals surface area contributed by atoms with Crippen molar-refractivity contribution < 1.29 is 9.53 Å². The minimum Gasteiger partial charge on any atom is -0.497 e. The molecule has 0 fully saturated rings. The number of rotatable bonds is 7. The molecule has 0 aliphatic rings. The van der Waals surface area contributed by atoms with Crippen molar-refractivity contribution in [2.75, 3.05) is 7.11 Å². The molecule has 0 radical (unpaired) electrons. The molecule has 0 saturated heterocycles. The Labute approximate surface area is 186 Å². The summed E-state index contributed by atoms with van der Waals surface area (Å²) in [5.41, 5.74) is 2.51. The zero-order chi connectivity index (χ0) is 21.1. The lowest BCUT2D eigenvalue weighted by molar-refractivity contribution is -0.121. The van der Waals surface area contributed by atoms with Gasteiger partial charge in [-0.05, 0) is 64.5 Å². The topological polar surface area (TPSA) is 89.2 Å². The Morgan fingerprint density at radius 3 is 2.80 bits per heavy atom. The van der Waals surface area contributed by atoms with Gasteiger partial charge in [-0.3, -0.25) is 14.5 Å². The van der Waals surface area contributed by atoms with Gasteiger partial charge in [0, 0.05) is 35.4 Å². The number of imidazole rings is 1. The maximum absolute atomic E-state index is 12.4. The lowest BCUT2D eigenvalue weighted by atomic mass is 10.2. The predicted octanol–water partition coefficient (Wildman–Crippen LogP) is 3.73. The number of benzene rings is 1. The van der Waals surface area contributed by atoms with E-state index >= 15 is 0 Å². The van der Waals surface area contributed by atoms with Crippen molar-refractivity contribution in [1.29, 1.82) is 0 Å². The summed E-state index contributed by atoms with van der Waals surface area (Å²) in [6.07, 6.45) is 4.10. The molecule has 10 heteroatoms. The van der Waals surface area contributed by atoms with Gasteiger partial charge in [0.25, 0.3) is 0 Å². The number of aromatic amines is 1. The van der Waals surface area contributed by atoms with Crippen molar-refractivity contribution in [3.8, 4) is 17.1 Å². The SMILES string of the molecule is COc1ccc(-c2n[nH]c(=S)n2CCC(=O)NCc2cn3cc(Br)ccc3n2)cc1. The monoisotopic (exact) mass is 486 g/mol. The highest BCUT2D eigenvalue weighted by Gasteiger charge is 2.11. The first-order valence-electron chi connectivity index (χ1n) is 9.23. The fraction of sp³-hybridized carbons (Fsp3) is 0.200. The van der Waals surface area contributed by atoms with Crippen LogP contribution in [-0.2, 0) is 17.9 Å². The number of carbonyl (C=O) groups is 1. The van der Waals surface area contributed by atoms with Crippen LogP contribution < -0.4 is 10.1 Å². The van der Waals surface area contributed by atoms with Crippen LogP contribution in [0.15, 0.2) is 53.3 Å². The van der Waals surface area contributed by atoms with Gasteiger partial charge in [-0.15, -0.1) is 0 Å². The molecule has 8 nitrogen and oxygen atoms in total. The summed E-state index contributed by atoms with van der Waals surface area (Å²) in [5, 5.41) is 10.0. The summed E-state index contributed by atoms with van der Waals surface area (Å²) in [7, 11) is 1.62. The van der Waals surface area contributed by atoms with Crippen LogP contribution in [-0.4, -0.2) is 37.2 Å². The first-order valence-corrected chi connectivity index (χ1v) is 10.4. The molecule has 0 atom stereocenters. The molecule has 3 aromatic heterocycles. The lowest BCUT2D eigenvalue weighted by Gasteiger charge is -2.08. The maximum Gasteiger partial charge on any atom is 0.222 e. The van der Waals surface area contributed by atoms with Crippen molar-refractivity contribution in [3.63, 3.8) is 0 Å². The summed E-state index contributed by atoms with van der Waals surface area (Å²) in [4.78, 5) is 16.9. The van der Waals surface area contributed by atoms with E-state index in [1.54, 1.807) is 7.11 Å². The standard InChI is InChI=1S/C20H19BrN6O2S/c1-29-16-5-2-13(3-6-16)19-24-25-20(30)27(19)9-8-18(28)22-10-15-12-26-11-14(21)4-7-17(26)23-15/h2-7,11-12H,8-10H2,1H3,(H,22,28)(H,25,30). The molecule has 154 valence electrons. The first-order chi connectivity index (χ1) is 14.5. The van der Waals surface area contributed by atoms with Crippen molar-refractivity contribution >= 4 is 39.7 Å². The average Bonchev–Trinajstić information content (AvgIpc) is 3.33. The van der Waals surface area contributed by atoms with E-state index in [-0.39, 0.29) is 12.3 Å². The van der Waals surface area contributed by atoms with E-state index in [4.69, 9.17) is 17.0 Å². The predicted molar refractivity (Wildman–Crippen MR) is 119 cm³/mol. The van der Waals surface area contributed by atoms with E-state index in [1.165, 1.54) is 0 Å². The molecule has 3 heterocycles. The minimum atomic E-state index is -0.0861. The molecule has 30 heavy (non-hydrogen) atoms. The quantitative estimate of drug-likeness (QED) is 0.388. The minimum absolute atomic E-state index is 0.0861. The van der Waals surface area contributed by atoms with Gasteiger partial charge in [-0.1, -0.05) is 0 Å². The molecule has 4 rings (SSSR count). The highest BCUT2D eigenvalue weighted by molar-refractivity contribution is 9.10. The van der Waals surface area contributed by atoms with Gasteiger partial charge in [0.05, 0.1) is 19.3 Å². The largest absolute Gasteiger partial charge is 0.497 e. The summed E-state index contributed by atoms with van der Waals surface area (Å²) in [6.45, 7) is 0.779. The second-order valence-electron chi connectivity index (χ2n) is 6.60. The zero-order valence-electron chi connectivity index (χ0n) is 16.1. The number of aromatic nitrogens is 5. The van der Waals surface area contributed by atoms with Gasteiger partial charge in [-0.25, -0.2) is 4.98 Å². The highest BCUT2D eigenvalue weighted by Crippen LogP contribution is 2.21. The Balaban J connectivity index is 1.38. The van der Waals surface area contributed by atoms with Crippen LogP contribution in [0.5, 0.6) is 5.75 Å². The van der Waals surface area contributed by atoms with Crippen LogP contribution >= 0.6 is 28.1 Å². The number of hydrogen-bond acceptors (Lipinski definition) is 5. The second-order valence-corrected chi connectivity index (χ2v) is 7.91. The number of halogens is 1. The third-order valence-electron chi connectivity index (χ3n) is 4.60.